The molecule has 2 rings (SSSR count). The molecule has 2 aromatic rings. The monoisotopic (exact) mass is 255 g/mol. The van der Waals surface area contributed by atoms with Crippen LogP contribution in [0.1, 0.15) is 11.4 Å². The summed E-state index contributed by atoms with van der Waals surface area (Å²) in [6.45, 7) is 1.72. The lowest BCUT2D eigenvalue weighted by atomic mass is 10.2. The van der Waals surface area contributed by atoms with Crippen LogP contribution in [0, 0.1) is 12.3 Å². The van der Waals surface area contributed by atoms with Gasteiger partial charge in [-0.2, -0.15) is 0 Å². The fourth-order valence-electron chi connectivity index (χ4n) is 1.79. The molecule has 4 nitrogen and oxygen atoms in total. The van der Waals surface area contributed by atoms with Gasteiger partial charge >= 0.3 is 0 Å². The van der Waals surface area contributed by atoms with Crippen LogP contribution >= 0.6 is 0 Å². The van der Waals surface area contributed by atoms with Gasteiger partial charge in [-0.1, -0.05) is 24.1 Å². The van der Waals surface area contributed by atoms with Crippen LogP contribution < -0.4 is 10.1 Å². The van der Waals surface area contributed by atoms with Crippen molar-refractivity contribution in [1.82, 2.24) is 14.9 Å². The Bertz CT molecular complexity index is 569. The molecule has 0 radical (unpaired) electrons. The van der Waals surface area contributed by atoms with Gasteiger partial charge in [0.25, 0.3) is 0 Å². The highest BCUT2D eigenvalue weighted by Crippen LogP contribution is 2.17. The lowest BCUT2D eigenvalue weighted by molar-refractivity contribution is 0.364. The summed E-state index contributed by atoms with van der Waals surface area (Å²) in [7, 11) is 1.98. The molecule has 0 spiro atoms. The Kier molecular flexibility index (Phi) is 4.60. The average Bonchev–Trinajstić information content (AvgIpc) is 2.83. The third kappa shape index (κ3) is 3.60. The summed E-state index contributed by atoms with van der Waals surface area (Å²) in [4.78, 5) is 4.26. The maximum absolute atomic E-state index is 5.50. The van der Waals surface area contributed by atoms with Gasteiger partial charge in [-0.25, -0.2) is 4.98 Å². The number of nitrogens with one attached hydrogen (secondary N) is 1. The van der Waals surface area contributed by atoms with Crippen molar-refractivity contribution in [3.8, 4) is 18.1 Å². The number of ether oxygens (including phenoxy) is 1. The Labute approximate surface area is 113 Å². The molecular weight excluding hydrogens is 238 g/mol. The van der Waals surface area contributed by atoms with Crippen molar-refractivity contribution in [2.24, 2.45) is 7.05 Å². The van der Waals surface area contributed by atoms with E-state index in [-0.39, 0.29) is 6.61 Å². The number of hydrogen-bond donors (Lipinski definition) is 1. The van der Waals surface area contributed by atoms with Gasteiger partial charge in [0.1, 0.15) is 18.2 Å². The first-order valence-electron chi connectivity index (χ1n) is 6.12. The van der Waals surface area contributed by atoms with Crippen molar-refractivity contribution in [1.29, 1.82) is 0 Å². The Morgan fingerprint density at radius 1 is 1.37 bits per heavy atom. The molecule has 0 saturated carbocycles. The molecule has 0 aliphatic carbocycles. The Hall–Kier alpha value is -2.25. The summed E-state index contributed by atoms with van der Waals surface area (Å²) >= 11 is 0. The molecule has 0 aliphatic rings. The summed E-state index contributed by atoms with van der Waals surface area (Å²) in [6, 6.07) is 7.88. The number of imidazole rings is 1. The molecule has 0 fully saturated rings. The second-order valence-electron chi connectivity index (χ2n) is 4.16. The molecule has 1 heterocycles. The number of aryl methyl sites for hydroxylation is 1. The van der Waals surface area contributed by atoms with Crippen molar-refractivity contribution in [2.45, 2.75) is 13.1 Å². The van der Waals surface area contributed by atoms with Crippen LogP contribution in [0.15, 0.2) is 36.7 Å². The summed E-state index contributed by atoms with van der Waals surface area (Å²) in [5.74, 6) is 4.30. The van der Waals surface area contributed by atoms with E-state index in [1.54, 1.807) is 6.20 Å². The molecule has 19 heavy (non-hydrogen) atoms. The van der Waals surface area contributed by atoms with Crippen LogP contribution in [-0.2, 0) is 20.1 Å². The minimum Gasteiger partial charge on any atom is -0.481 e. The second kappa shape index (κ2) is 6.62. The van der Waals surface area contributed by atoms with E-state index in [0.29, 0.717) is 13.1 Å². The molecule has 0 bridgehead atoms. The number of terminal acetylenes is 1. The molecule has 0 saturated heterocycles. The van der Waals surface area contributed by atoms with Crippen molar-refractivity contribution < 1.29 is 4.74 Å². The standard InChI is InChI=1S/C15H17N3O/c1-3-10-19-14-7-5-4-6-13(14)11-16-12-15-17-8-9-18(15)2/h1,4-9,16H,10-12H2,2H3. The zero-order valence-corrected chi connectivity index (χ0v) is 11.0. The third-order valence-corrected chi connectivity index (χ3v) is 2.80. The number of hydrogen-bond acceptors (Lipinski definition) is 3. The smallest absolute Gasteiger partial charge is 0.148 e. The van der Waals surface area contributed by atoms with E-state index in [0.717, 1.165) is 17.1 Å². The van der Waals surface area contributed by atoms with Crippen LogP contribution in [0.5, 0.6) is 5.75 Å². The number of nitrogens with zero attached hydrogens (tertiary/aromatic N) is 2. The molecule has 1 N–H and O–H groups in total. The van der Waals surface area contributed by atoms with Gasteiger partial charge in [-0.05, 0) is 6.07 Å². The molecule has 1 aromatic carbocycles. The van der Waals surface area contributed by atoms with E-state index in [1.165, 1.54) is 0 Å². The van der Waals surface area contributed by atoms with E-state index < -0.39 is 0 Å². The van der Waals surface area contributed by atoms with Crippen LogP contribution in [0.3, 0.4) is 0 Å². The molecular formula is C15H17N3O. The van der Waals surface area contributed by atoms with Crippen LogP contribution in [-0.4, -0.2) is 16.2 Å². The van der Waals surface area contributed by atoms with Crippen molar-refractivity contribution in [3.63, 3.8) is 0 Å². The highest BCUT2D eigenvalue weighted by Gasteiger charge is 2.03. The van der Waals surface area contributed by atoms with Gasteiger partial charge in [-0.3, -0.25) is 0 Å². The molecule has 0 atom stereocenters. The number of para-hydroxylation sites is 1. The van der Waals surface area contributed by atoms with Crippen LogP contribution in [0.2, 0.25) is 0 Å². The van der Waals surface area contributed by atoms with Crippen molar-refractivity contribution in [3.05, 3.63) is 48.0 Å². The number of benzene rings is 1. The van der Waals surface area contributed by atoms with Gasteiger partial charge in [0.15, 0.2) is 0 Å². The van der Waals surface area contributed by atoms with E-state index >= 15 is 0 Å². The Balaban J connectivity index is 1.92. The lowest BCUT2D eigenvalue weighted by Gasteiger charge is -2.10. The highest BCUT2D eigenvalue weighted by atomic mass is 16.5. The van der Waals surface area contributed by atoms with Crippen molar-refractivity contribution >= 4 is 0 Å². The first-order chi connectivity index (χ1) is 9.31. The van der Waals surface area contributed by atoms with Crippen molar-refractivity contribution in [2.75, 3.05) is 6.61 Å². The fraction of sp³-hybridized carbons (Fsp3) is 0.267. The number of aromatic nitrogens is 2. The van der Waals surface area contributed by atoms with E-state index in [1.807, 2.05) is 42.1 Å². The third-order valence-electron chi connectivity index (χ3n) is 2.80. The van der Waals surface area contributed by atoms with E-state index in [4.69, 9.17) is 11.2 Å². The fourth-order valence-corrected chi connectivity index (χ4v) is 1.79. The Morgan fingerprint density at radius 3 is 2.95 bits per heavy atom. The molecule has 0 aliphatic heterocycles. The Morgan fingerprint density at radius 2 is 2.21 bits per heavy atom. The first-order valence-corrected chi connectivity index (χ1v) is 6.12. The molecule has 0 amide bonds. The topological polar surface area (TPSA) is 39.1 Å². The minimum absolute atomic E-state index is 0.288. The summed E-state index contributed by atoms with van der Waals surface area (Å²) in [5.41, 5.74) is 1.09. The quantitative estimate of drug-likeness (QED) is 0.799. The molecule has 98 valence electrons. The first kappa shape index (κ1) is 13.2. The SMILES string of the molecule is C#CCOc1ccccc1CNCc1nccn1C. The van der Waals surface area contributed by atoms with E-state index in [9.17, 15) is 0 Å². The number of rotatable bonds is 6. The summed E-state index contributed by atoms with van der Waals surface area (Å²) in [6.07, 6.45) is 8.93. The van der Waals surface area contributed by atoms with Gasteiger partial charge in [-0.15, -0.1) is 6.42 Å². The summed E-state index contributed by atoms with van der Waals surface area (Å²) < 4.78 is 7.49. The predicted octanol–water partition coefficient (Wildman–Crippen LogP) is 1.72. The summed E-state index contributed by atoms with van der Waals surface area (Å²) in [5, 5.41) is 3.35. The van der Waals surface area contributed by atoms with Crippen LogP contribution in [0.25, 0.3) is 0 Å². The molecule has 4 heteroatoms. The molecule has 1 aromatic heterocycles. The predicted molar refractivity (Wildman–Crippen MR) is 74.5 cm³/mol. The maximum atomic E-state index is 5.50. The van der Waals surface area contributed by atoms with Crippen LogP contribution in [0.4, 0.5) is 0 Å². The lowest BCUT2D eigenvalue weighted by Crippen LogP contribution is -2.16. The largest absolute Gasteiger partial charge is 0.481 e. The van der Waals surface area contributed by atoms with Gasteiger partial charge in [0, 0.05) is 31.5 Å². The van der Waals surface area contributed by atoms with E-state index in [2.05, 4.69) is 16.2 Å². The van der Waals surface area contributed by atoms with Gasteiger partial charge in [0.2, 0.25) is 0 Å². The molecule has 0 unspecified atom stereocenters. The average molecular weight is 255 g/mol. The normalized spacial score (nSPS) is 10.1. The highest BCUT2D eigenvalue weighted by molar-refractivity contribution is 5.33. The second-order valence-corrected chi connectivity index (χ2v) is 4.16. The van der Waals surface area contributed by atoms with Gasteiger partial charge < -0.3 is 14.6 Å². The zero-order chi connectivity index (χ0) is 13.5. The minimum atomic E-state index is 0.288. The maximum Gasteiger partial charge on any atom is 0.148 e. The zero-order valence-electron chi connectivity index (χ0n) is 11.0. The van der Waals surface area contributed by atoms with Gasteiger partial charge in [0.05, 0.1) is 6.54 Å².